The monoisotopic (exact) mass is 215 g/mol. The normalized spacial score (nSPS) is 12.7. The maximum Gasteiger partial charge on any atom is 0.129 e. The maximum absolute atomic E-state index is 10.8. The summed E-state index contributed by atoms with van der Waals surface area (Å²) in [5, 5.41) is 0. The molecule has 0 saturated carbocycles. The summed E-state index contributed by atoms with van der Waals surface area (Å²) in [6, 6.07) is 0. The van der Waals surface area contributed by atoms with Crippen molar-refractivity contribution < 1.29 is 9.53 Å². The SMILES string of the molecule is CCCCCO[C@H](CCN)CCC(C)=O. The molecule has 3 heteroatoms. The van der Waals surface area contributed by atoms with E-state index in [0.29, 0.717) is 13.0 Å². The second kappa shape index (κ2) is 10.1. The Kier molecular flexibility index (Phi) is 9.84. The second-order valence-electron chi connectivity index (χ2n) is 4.02. The van der Waals surface area contributed by atoms with E-state index in [2.05, 4.69) is 6.92 Å². The third kappa shape index (κ3) is 9.88. The van der Waals surface area contributed by atoms with Crippen LogP contribution in [0.3, 0.4) is 0 Å². The van der Waals surface area contributed by atoms with Gasteiger partial charge in [0.2, 0.25) is 0 Å². The van der Waals surface area contributed by atoms with E-state index >= 15 is 0 Å². The Bertz CT molecular complexity index is 160. The van der Waals surface area contributed by atoms with Crippen LogP contribution in [0.2, 0.25) is 0 Å². The molecule has 0 aromatic carbocycles. The summed E-state index contributed by atoms with van der Waals surface area (Å²) >= 11 is 0. The van der Waals surface area contributed by atoms with Crippen molar-refractivity contribution in [3.8, 4) is 0 Å². The first kappa shape index (κ1) is 14.6. The Morgan fingerprint density at radius 3 is 2.60 bits per heavy atom. The molecular weight excluding hydrogens is 190 g/mol. The lowest BCUT2D eigenvalue weighted by molar-refractivity contribution is -0.117. The Balaban J connectivity index is 3.57. The van der Waals surface area contributed by atoms with E-state index in [9.17, 15) is 4.79 Å². The van der Waals surface area contributed by atoms with Crippen LogP contribution in [0.15, 0.2) is 0 Å². The Hall–Kier alpha value is -0.410. The minimum absolute atomic E-state index is 0.177. The number of ketones is 1. The van der Waals surface area contributed by atoms with Gasteiger partial charge in [0.15, 0.2) is 0 Å². The molecule has 0 aliphatic carbocycles. The van der Waals surface area contributed by atoms with Gasteiger partial charge in [0.25, 0.3) is 0 Å². The summed E-state index contributed by atoms with van der Waals surface area (Å²) in [5.41, 5.74) is 5.50. The Morgan fingerprint density at radius 1 is 1.33 bits per heavy atom. The third-order valence-electron chi connectivity index (χ3n) is 2.41. The Labute approximate surface area is 93.4 Å². The van der Waals surface area contributed by atoms with E-state index < -0.39 is 0 Å². The van der Waals surface area contributed by atoms with Crippen LogP contribution in [0.1, 0.15) is 52.4 Å². The van der Waals surface area contributed by atoms with Crippen LogP contribution in [0.4, 0.5) is 0 Å². The van der Waals surface area contributed by atoms with Crippen LogP contribution in [0.25, 0.3) is 0 Å². The van der Waals surface area contributed by atoms with Gasteiger partial charge in [-0.05, 0) is 32.7 Å². The molecule has 0 aliphatic rings. The van der Waals surface area contributed by atoms with Crippen molar-refractivity contribution in [2.24, 2.45) is 5.73 Å². The fourth-order valence-electron chi connectivity index (χ4n) is 1.46. The second-order valence-corrected chi connectivity index (χ2v) is 4.02. The van der Waals surface area contributed by atoms with Gasteiger partial charge in [-0.3, -0.25) is 0 Å². The molecule has 90 valence electrons. The molecule has 0 bridgehead atoms. The minimum Gasteiger partial charge on any atom is -0.378 e. The lowest BCUT2D eigenvalue weighted by Gasteiger charge is -2.16. The Morgan fingerprint density at radius 2 is 2.07 bits per heavy atom. The summed E-state index contributed by atoms with van der Waals surface area (Å²) in [6.07, 6.45) is 5.99. The van der Waals surface area contributed by atoms with Crippen LogP contribution in [-0.2, 0) is 9.53 Å². The largest absolute Gasteiger partial charge is 0.378 e. The minimum atomic E-state index is 0.177. The highest BCUT2D eigenvalue weighted by atomic mass is 16.5. The van der Waals surface area contributed by atoms with Crippen LogP contribution in [0.5, 0.6) is 0 Å². The van der Waals surface area contributed by atoms with Crippen LogP contribution in [0, 0.1) is 0 Å². The smallest absolute Gasteiger partial charge is 0.129 e. The summed E-state index contributed by atoms with van der Waals surface area (Å²) in [4.78, 5) is 10.8. The van der Waals surface area contributed by atoms with Gasteiger partial charge in [-0.15, -0.1) is 0 Å². The molecule has 0 radical (unpaired) electrons. The van der Waals surface area contributed by atoms with Gasteiger partial charge >= 0.3 is 0 Å². The molecule has 1 atom stereocenters. The summed E-state index contributed by atoms with van der Waals surface area (Å²) in [6.45, 7) is 5.23. The first-order valence-electron chi connectivity index (χ1n) is 6.01. The van der Waals surface area contributed by atoms with E-state index in [1.54, 1.807) is 6.92 Å². The molecule has 0 aliphatic heterocycles. The predicted octanol–water partition coefficient (Wildman–Crippen LogP) is 2.28. The summed E-state index contributed by atoms with van der Waals surface area (Å²) in [5.74, 6) is 0.231. The highest BCUT2D eigenvalue weighted by molar-refractivity contribution is 5.75. The molecular formula is C12H25NO2. The number of ether oxygens (including phenoxy) is 1. The van der Waals surface area contributed by atoms with E-state index in [0.717, 1.165) is 25.9 Å². The summed E-state index contributed by atoms with van der Waals surface area (Å²) < 4.78 is 5.70. The van der Waals surface area contributed by atoms with Crippen LogP contribution < -0.4 is 5.73 Å². The number of rotatable bonds is 10. The zero-order valence-electron chi connectivity index (χ0n) is 10.1. The average Bonchev–Trinajstić information content (AvgIpc) is 2.20. The van der Waals surface area contributed by atoms with E-state index in [1.165, 1.54) is 12.8 Å². The maximum atomic E-state index is 10.8. The van der Waals surface area contributed by atoms with Crippen molar-refractivity contribution in [1.29, 1.82) is 0 Å². The fraction of sp³-hybridized carbons (Fsp3) is 0.917. The van der Waals surface area contributed by atoms with Crippen LogP contribution >= 0.6 is 0 Å². The number of carbonyl (C=O) groups is 1. The molecule has 0 fully saturated rings. The standard InChI is InChI=1S/C12H25NO2/c1-3-4-5-10-15-12(8-9-13)7-6-11(2)14/h12H,3-10,13H2,1-2H3/t12-/m0/s1. The topological polar surface area (TPSA) is 52.3 Å². The molecule has 0 amide bonds. The quantitative estimate of drug-likeness (QED) is 0.569. The molecule has 0 aromatic heterocycles. The number of Topliss-reactive ketones (excluding diaryl/α,β-unsaturated/α-hetero) is 1. The van der Waals surface area contributed by atoms with Crippen molar-refractivity contribution in [2.75, 3.05) is 13.2 Å². The van der Waals surface area contributed by atoms with E-state index in [1.807, 2.05) is 0 Å². The van der Waals surface area contributed by atoms with Crippen molar-refractivity contribution in [3.05, 3.63) is 0 Å². The van der Waals surface area contributed by atoms with Gasteiger partial charge in [0.1, 0.15) is 5.78 Å². The number of hydrogen-bond acceptors (Lipinski definition) is 3. The van der Waals surface area contributed by atoms with Crippen molar-refractivity contribution >= 4 is 5.78 Å². The van der Waals surface area contributed by atoms with Gasteiger partial charge in [-0.2, -0.15) is 0 Å². The fourth-order valence-corrected chi connectivity index (χ4v) is 1.46. The van der Waals surface area contributed by atoms with Gasteiger partial charge in [0, 0.05) is 13.0 Å². The summed E-state index contributed by atoms with van der Waals surface area (Å²) in [7, 11) is 0. The molecule has 0 heterocycles. The highest BCUT2D eigenvalue weighted by Crippen LogP contribution is 2.08. The molecule has 3 nitrogen and oxygen atoms in total. The highest BCUT2D eigenvalue weighted by Gasteiger charge is 2.08. The lowest BCUT2D eigenvalue weighted by atomic mass is 10.1. The zero-order valence-corrected chi connectivity index (χ0v) is 10.1. The number of hydrogen-bond donors (Lipinski definition) is 1. The number of nitrogens with two attached hydrogens (primary N) is 1. The first-order valence-corrected chi connectivity index (χ1v) is 6.01. The molecule has 0 unspecified atom stereocenters. The molecule has 0 rings (SSSR count). The number of unbranched alkanes of at least 4 members (excludes halogenated alkanes) is 2. The van der Waals surface area contributed by atoms with E-state index in [4.69, 9.17) is 10.5 Å². The molecule has 0 aromatic rings. The first-order chi connectivity index (χ1) is 7.20. The zero-order chi connectivity index (χ0) is 11.5. The third-order valence-corrected chi connectivity index (χ3v) is 2.41. The van der Waals surface area contributed by atoms with Crippen molar-refractivity contribution in [3.63, 3.8) is 0 Å². The lowest BCUT2D eigenvalue weighted by Crippen LogP contribution is -2.19. The van der Waals surface area contributed by atoms with Crippen molar-refractivity contribution in [1.82, 2.24) is 0 Å². The average molecular weight is 215 g/mol. The van der Waals surface area contributed by atoms with Gasteiger partial charge < -0.3 is 15.3 Å². The van der Waals surface area contributed by atoms with Gasteiger partial charge in [-0.25, -0.2) is 0 Å². The van der Waals surface area contributed by atoms with Gasteiger partial charge in [-0.1, -0.05) is 19.8 Å². The number of carbonyl (C=O) groups excluding carboxylic acids is 1. The molecule has 0 saturated heterocycles. The molecule has 2 N–H and O–H groups in total. The van der Waals surface area contributed by atoms with Crippen LogP contribution in [-0.4, -0.2) is 25.0 Å². The van der Waals surface area contributed by atoms with Crippen molar-refractivity contribution in [2.45, 2.75) is 58.5 Å². The molecule has 15 heavy (non-hydrogen) atoms. The predicted molar refractivity (Wildman–Crippen MR) is 62.9 cm³/mol. The van der Waals surface area contributed by atoms with Gasteiger partial charge in [0.05, 0.1) is 6.10 Å². The molecule has 0 spiro atoms. The van der Waals surface area contributed by atoms with E-state index in [-0.39, 0.29) is 11.9 Å².